The molecule has 0 radical (unpaired) electrons. The Morgan fingerprint density at radius 3 is 2.50 bits per heavy atom. The van der Waals surface area contributed by atoms with E-state index in [4.69, 9.17) is 4.98 Å². The van der Waals surface area contributed by atoms with Crippen LogP contribution in [-0.4, -0.2) is 52.1 Å². The predicted molar refractivity (Wildman–Crippen MR) is 99.1 cm³/mol. The number of nitrogens with zero attached hydrogens (tertiary/aromatic N) is 4. The van der Waals surface area contributed by atoms with E-state index in [-0.39, 0.29) is 0 Å². The van der Waals surface area contributed by atoms with Crippen molar-refractivity contribution in [1.29, 1.82) is 0 Å². The summed E-state index contributed by atoms with van der Waals surface area (Å²) in [5.41, 5.74) is 2.49. The fourth-order valence-electron chi connectivity index (χ4n) is 4.33. The summed E-state index contributed by atoms with van der Waals surface area (Å²) in [5.74, 6) is 2.07. The van der Waals surface area contributed by atoms with Crippen molar-refractivity contribution in [3.63, 3.8) is 0 Å². The zero-order valence-corrected chi connectivity index (χ0v) is 15.0. The summed E-state index contributed by atoms with van der Waals surface area (Å²) < 4.78 is 2.53. The van der Waals surface area contributed by atoms with Gasteiger partial charge in [0.1, 0.15) is 5.82 Å². The number of fused-ring (bicyclic) bond motifs is 1. The number of piperidine rings is 1. The third-order valence-electron chi connectivity index (χ3n) is 5.89. The van der Waals surface area contributed by atoms with Crippen molar-refractivity contribution < 1.29 is 0 Å². The van der Waals surface area contributed by atoms with Crippen LogP contribution in [0.15, 0.2) is 24.3 Å². The molecular formula is C20H30N4. The first-order valence-corrected chi connectivity index (χ1v) is 9.72. The molecule has 130 valence electrons. The highest BCUT2D eigenvalue weighted by atomic mass is 15.2. The van der Waals surface area contributed by atoms with Crippen LogP contribution < -0.4 is 0 Å². The summed E-state index contributed by atoms with van der Waals surface area (Å²) in [4.78, 5) is 10.1. The lowest BCUT2D eigenvalue weighted by atomic mass is 9.96. The van der Waals surface area contributed by atoms with Crippen molar-refractivity contribution in [1.82, 2.24) is 19.4 Å². The average molecular weight is 326 g/mol. The number of aromatic nitrogens is 2. The Kier molecular flexibility index (Phi) is 4.86. The van der Waals surface area contributed by atoms with Gasteiger partial charge in [-0.15, -0.1) is 0 Å². The minimum Gasteiger partial charge on any atom is -0.327 e. The molecule has 1 aromatic carbocycles. The molecule has 2 saturated heterocycles. The van der Waals surface area contributed by atoms with Crippen LogP contribution in [0.2, 0.25) is 0 Å². The van der Waals surface area contributed by atoms with Gasteiger partial charge >= 0.3 is 0 Å². The molecule has 0 unspecified atom stereocenters. The van der Waals surface area contributed by atoms with Crippen LogP contribution in [0, 0.1) is 5.92 Å². The van der Waals surface area contributed by atoms with Crippen molar-refractivity contribution in [3.8, 4) is 0 Å². The van der Waals surface area contributed by atoms with Crippen LogP contribution in [0.4, 0.5) is 0 Å². The lowest BCUT2D eigenvalue weighted by Crippen LogP contribution is -2.35. The molecule has 0 aliphatic carbocycles. The number of imidazole rings is 1. The third-order valence-corrected chi connectivity index (χ3v) is 5.89. The van der Waals surface area contributed by atoms with Gasteiger partial charge in [0, 0.05) is 6.54 Å². The summed E-state index contributed by atoms with van der Waals surface area (Å²) in [7, 11) is 0. The minimum absolute atomic E-state index is 0.794. The van der Waals surface area contributed by atoms with Gasteiger partial charge in [-0.1, -0.05) is 19.1 Å². The third kappa shape index (κ3) is 3.35. The molecule has 0 atom stereocenters. The van der Waals surface area contributed by atoms with Gasteiger partial charge in [0.15, 0.2) is 0 Å². The van der Waals surface area contributed by atoms with Gasteiger partial charge < -0.3 is 9.47 Å². The molecule has 1 aromatic heterocycles. The highest BCUT2D eigenvalue weighted by Crippen LogP contribution is 2.24. The summed E-state index contributed by atoms with van der Waals surface area (Å²) >= 11 is 0. The summed E-state index contributed by atoms with van der Waals surface area (Å²) in [6.07, 6.45) is 5.33. The van der Waals surface area contributed by atoms with E-state index in [1.54, 1.807) is 0 Å². The zero-order chi connectivity index (χ0) is 16.4. The molecule has 0 N–H and O–H groups in total. The monoisotopic (exact) mass is 326 g/mol. The molecule has 2 fully saturated rings. The van der Waals surface area contributed by atoms with Crippen LogP contribution in [0.1, 0.15) is 38.4 Å². The standard InChI is InChI=1S/C20H30N4/c1-2-22-13-9-17(10-14-22)15-24-19-8-4-3-7-18(19)21-20(24)16-23-11-5-6-12-23/h3-4,7-8,17H,2,5-6,9-16H2,1H3. The SMILES string of the molecule is CCN1CCC(Cn2c(CN3CCCC3)nc3ccccc32)CC1. The summed E-state index contributed by atoms with van der Waals surface area (Å²) in [6, 6.07) is 8.68. The molecule has 2 aliphatic heterocycles. The Balaban J connectivity index is 1.55. The first-order chi connectivity index (χ1) is 11.8. The lowest BCUT2D eigenvalue weighted by molar-refractivity contribution is 0.180. The molecule has 0 bridgehead atoms. The van der Waals surface area contributed by atoms with E-state index < -0.39 is 0 Å². The van der Waals surface area contributed by atoms with Crippen LogP contribution in [0.3, 0.4) is 0 Å². The number of likely N-dealkylation sites (tertiary alicyclic amines) is 2. The first-order valence-electron chi connectivity index (χ1n) is 9.72. The molecule has 4 rings (SSSR count). The molecule has 0 saturated carbocycles. The molecule has 4 heteroatoms. The smallest absolute Gasteiger partial charge is 0.124 e. The minimum atomic E-state index is 0.794. The zero-order valence-electron chi connectivity index (χ0n) is 15.0. The quantitative estimate of drug-likeness (QED) is 0.842. The maximum atomic E-state index is 4.98. The van der Waals surface area contributed by atoms with Gasteiger partial charge in [0.25, 0.3) is 0 Å². The van der Waals surface area contributed by atoms with Crippen molar-refractivity contribution in [2.45, 2.75) is 45.7 Å². The maximum Gasteiger partial charge on any atom is 0.124 e. The van der Waals surface area contributed by atoms with Gasteiger partial charge in [-0.3, -0.25) is 4.90 Å². The number of rotatable bonds is 5. The van der Waals surface area contributed by atoms with E-state index in [1.165, 1.54) is 69.7 Å². The number of hydrogen-bond acceptors (Lipinski definition) is 3. The lowest BCUT2D eigenvalue weighted by Gasteiger charge is -2.31. The van der Waals surface area contributed by atoms with Crippen LogP contribution >= 0.6 is 0 Å². The Hall–Kier alpha value is -1.39. The van der Waals surface area contributed by atoms with E-state index in [0.717, 1.165) is 24.5 Å². The first kappa shape index (κ1) is 16.1. The molecule has 0 spiro atoms. The maximum absolute atomic E-state index is 4.98. The normalized spacial score (nSPS) is 21.0. The number of para-hydroxylation sites is 2. The van der Waals surface area contributed by atoms with Gasteiger partial charge in [0.2, 0.25) is 0 Å². The van der Waals surface area contributed by atoms with Gasteiger partial charge in [-0.25, -0.2) is 4.98 Å². The molecule has 4 nitrogen and oxygen atoms in total. The van der Waals surface area contributed by atoms with Gasteiger partial charge in [0.05, 0.1) is 17.6 Å². The van der Waals surface area contributed by atoms with Crippen molar-refractivity contribution in [2.75, 3.05) is 32.7 Å². The largest absolute Gasteiger partial charge is 0.327 e. The number of benzene rings is 1. The average Bonchev–Trinajstić information content (AvgIpc) is 3.25. The molecule has 0 amide bonds. The van der Waals surface area contributed by atoms with E-state index in [2.05, 4.69) is 45.6 Å². The second-order valence-electron chi connectivity index (χ2n) is 7.49. The molecular weight excluding hydrogens is 296 g/mol. The van der Waals surface area contributed by atoms with Crippen molar-refractivity contribution in [2.24, 2.45) is 5.92 Å². The second kappa shape index (κ2) is 7.24. The van der Waals surface area contributed by atoms with Crippen LogP contribution in [-0.2, 0) is 13.1 Å². The van der Waals surface area contributed by atoms with E-state index in [0.29, 0.717) is 0 Å². The molecule has 24 heavy (non-hydrogen) atoms. The second-order valence-corrected chi connectivity index (χ2v) is 7.49. The molecule has 2 aromatic rings. The van der Waals surface area contributed by atoms with E-state index in [1.807, 2.05) is 0 Å². The van der Waals surface area contributed by atoms with Crippen molar-refractivity contribution in [3.05, 3.63) is 30.1 Å². The predicted octanol–water partition coefficient (Wildman–Crippen LogP) is 3.36. The highest BCUT2D eigenvalue weighted by Gasteiger charge is 2.22. The van der Waals surface area contributed by atoms with E-state index >= 15 is 0 Å². The van der Waals surface area contributed by atoms with Gasteiger partial charge in [-0.2, -0.15) is 0 Å². The topological polar surface area (TPSA) is 24.3 Å². The Morgan fingerprint density at radius 2 is 1.75 bits per heavy atom. The van der Waals surface area contributed by atoms with Gasteiger partial charge in [-0.05, 0) is 76.5 Å². The number of hydrogen-bond donors (Lipinski definition) is 0. The fourth-order valence-corrected chi connectivity index (χ4v) is 4.33. The summed E-state index contributed by atoms with van der Waals surface area (Å²) in [6.45, 7) is 10.6. The van der Waals surface area contributed by atoms with Crippen LogP contribution in [0.5, 0.6) is 0 Å². The highest BCUT2D eigenvalue weighted by molar-refractivity contribution is 5.75. The molecule has 2 aliphatic rings. The Bertz CT molecular complexity index is 663. The Labute approximate surface area is 145 Å². The fraction of sp³-hybridized carbons (Fsp3) is 0.650. The summed E-state index contributed by atoms with van der Waals surface area (Å²) in [5, 5.41) is 0. The van der Waals surface area contributed by atoms with Crippen LogP contribution in [0.25, 0.3) is 11.0 Å². The van der Waals surface area contributed by atoms with E-state index in [9.17, 15) is 0 Å². The van der Waals surface area contributed by atoms with Crippen molar-refractivity contribution >= 4 is 11.0 Å². The molecule has 3 heterocycles. The Morgan fingerprint density at radius 1 is 1.00 bits per heavy atom.